The van der Waals surface area contributed by atoms with Crippen LogP contribution in [0.4, 0.5) is 5.82 Å². The van der Waals surface area contributed by atoms with Gasteiger partial charge >= 0.3 is 0 Å². The van der Waals surface area contributed by atoms with E-state index < -0.39 is 0 Å². The smallest absolute Gasteiger partial charge is 0.145 e. The van der Waals surface area contributed by atoms with E-state index in [4.69, 9.17) is 9.72 Å². The number of methoxy groups -OCH3 is 1. The number of rotatable bonds is 5. The summed E-state index contributed by atoms with van der Waals surface area (Å²) in [6, 6.07) is 13.7. The first-order chi connectivity index (χ1) is 11.6. The number of nitrogens with one attached hydrogen (secondary N) is 1. The Morgan fingerprint density at radius 3 is 2.20 bits per heavy atom. The third-order valence-corrected chi connectivity index (χ3v) is 3.83. The fraction of sp³-hybridized carbons (Fsp3) is 0.429. The van der Waals surface area contributed by atoms with E-state index in [-0.39, 0.29) is 11.0 Å². The summed E-state index contributed by atoms with van der Waals surface area (Å²) in [4.78, 5) is 4.71. The van der Waals surface area contributed by atoms with Crippen molar-refractivity contribution in [2.45, 2.75) is 46.6 Å². The van der Waals surface area contributed by atoms with Crippen LogP contribution in [0.2, 0.25) is 0 Å². The lowest BCUT2D eigenvalue weighted by Crippen LogP contribution is -2.36. The van der Waals surface area contributed by atoms with E-state index in [1.807, 2.05) is 36.4 Å². The molecule has 25 heavy (non-hydrogen) atoms. The minimum Gasteiger partial charge on any atom is -0.497 e. The van der Waals surface area contributed by atoms with Gasteiger partial charge in [0.1, 0.15) is 17.6 Å². The van der Waals surface area contributed by atoms with Crippen molar-refractivity contribution in [3.8, 4) is 23.1 Å². The highest BCUT2D eigenvalue weighted by Gasteiger charge is 2.26. The Balaban J connectivity index is 2.35. The Hall–Kier alpha value is -2.54. The highest BCUT2D eigenvalue weighted by molar-refractivity contribution is 5.65. The molecule has 0 aliphatic heterocycles. The summed E-state index contributed by atoms with van der Waals surface area (Å²) >= 11 is 0. The van der Waals surface area contributed by atoms with Gasteiger partial charge in [-0.25, -0.2) is 4.98 Å². The van der Waals surface area contributed by atoms with Crippen molar-refractivity contribution in [3.05, 3.63) is 42.0 Å². The fourth-order valence-electron chi connectivity index (χ4n) is 3.26. The van der Waals surface area contributed by atoms with Crippen molar-refractivity contribution in [2.24, 2.45) is 5.41 Å². The molecule has 2 aromatic rings. The van der Waals surface area contributed by atoms with Crippen LogP contribution < -0.4 is 10.1 Å². The Kier molecular flexibility index (Phi) is 5.37. The van der Waals surface area contributed by atoms with E-state index in [9.17, 15) is 5.26 Å². The van der Waals surface area contributed by atoms with Gasteiger partial charge in [0.05, 0.1) is 18.4 Å². The molecule has 0 fully saturated rings. The number of ether oxygens (including phenoxy) is 1. The quantitative estimate of drug-likeness (QED) is 0.809. The van der Waals surface area contributed by atoms with Crippen LogP contribution in [-0.4, -0.2) is 17.6 Å². The molecule has 0 bridgehead atoms. The molecule has 0 atom stereocenters. The predicted molar refractivity (Wildman–Crippen MR) is 103 cm³/mol. The Labute approximate surface area is 150 Å². The van der Waals surface area contributed by atoms with Crippen LogP contribution in [-0.2, 0) is 0 Å². The van der Waals surface area contributed by atoms with Crippen LogP contribution in [0.15, 0.2) is 36.4 Å². The number of benzene rings is 1. The van der Waals surface area contributed by atoms with Crippen LogP contribution in [0, 0.1) is 16.7 Å². The van der Waals surface area contributed by atoms with Crippen molar-refractivity contribution >= 4 is 5.82 Å². The standard InChI is InChI=1S/C21H27N3O/c1-20(2,3)14-21(4,5)24-19-16(13-22)9-12-18(23-19)15-7-10-17(25-6)11-8-15/h7-12H,14H2,1-6H3,(H,23,24). The zero-order valence-electron chi connectivity index (χ0n) is 16.0. The maximum Gasteiger partial charge on any atom is 0.145 e. The van der Waals surface area contributed by atoms with E-state index in [0.29, 0.717) is 11.4 Å². The Morgan fingerprint density at radius 2 is 1.68 bits per heavy atom. The summed E-state index contributed by atoms with van der Waals surface area (Å²) in [5.41, 5.74) is 2.38. The first kappa shape index (κ1) is 18.8. The van der Waals surface area contributed by atoms with Gasteiger partial charge < -0.3 is 10.1 Å². The van der Waals surface area contributed by atoms with Gasteiger partial charge in [-0.15, -0.1) is 0 Å². The largest absolute Gasteiger partial charge is 0.497 e. The van der Waals surface area contributed by atoms with Crippen molar-refractivity contribution in [1.29, 1.82) is 5.26 Å². The number of anilines is 1. The van der Waals surface area contributed by atoms with Crippen molar-refractivity contribution in [1.82, 2.24) is 4.98 Å². The van der Waals surface area contributed by atoms with Gasteiger partial charge in [0, 0.05) is 11.1 Å². The summed E-state index contributed by atoms with van der Waals surface area (Å²) in [5, 5.41) is 12.9. The van der Waals surface area contributed by atoms with Crippen LogP contribution in [0.1, 0.15) is 46.6 Å². The summed E-state index contributed by atoms with van der Waals surface area (Å²) < 4.78 is 5.20. The number of nitrogens with zero attached hydrogens (tertiary/aromatic N) is 2. The SMILES string of the molecule is COc1ccc(-c2ccc(C#N)c(NC(C)(C)CC(C)(C)C)n2)cc1. The topological polar surface area (TPSA) is 57.9 Å². The first-order valence-electron chi connectivity index (χ1n) is 8.47. The molecule has 0 saturated heterocycles. The summed E-state index contributed by atoms with van der Waals surface area (Å²) in [7, 11) is 1.65. The van der Waals surface area contributed by atoms with Gasteiger partial charge in [-0.05, 0) is 62.1 Å². The molecule has 4 nitrogen and oxygen atoms in total. The lowest BCUT2D eigenvalue weighted by atomic mass is 9.82. The number of nitriles is 1. The number of hydrogen-bond acceptors (Lipinski definition) is 4. The molecule has 0 aliphatic carbocycles. The maximum absolute atomic E-state index is 9.43. The van der Waals surface area contributed by atoms with Crippen molar-refractivity contribution in [2.75, 3.05) is 12.4 Å². The van der Waals surface area contributed by atoms with Crippen molar-refractivity contribution < 1.29 is 4.74 Å². The van der Waals surface area contributed by atoms with Gasteiger partial charge in [0.2, 0.25) is 0 Å². The predicted octanol–water partition coefficient (Wildman–Crippen LogP) is 5.26. The molecule has 0 aliphatic rings. The number of pyridine rings is 1. The molecule has 1 N–H and O–H groups in total. The van der Waals surface area contributed by atoms with Gasteiger partial charge in [-0.2, -0.15) is 5.26 Å². The minimum absolute atomic E-state index is 0.171. The fourth-order valence-corrected chi connectivity index (χ4v) is 3.26. The number of hydrogen-bond donors (Lipinski definition) is 1. The van der Waals surface area contributed by atoms with Crippen LogP contribution in [0.3, 0.4) is 0 Å². The van der Waals surface area contributed by atoms with Crippen LogP contribution in [0.5, 0.6) is 5.75 Å². The molecule has 0 radical (unpaired) electrons. The first-order valence-corrected chi connectivity index (χ1v) is 8.47. The average Bonchev–Trinajstić information content (AvgIpc) is 2.52. The summed E-state index contributed by atoms with van der Waals surface area (Å²) in [6.07, 6.45) is 0.958. The minimum atomic E-state index is -0.171. The van der Waals surface area contributed by atoms with Gasteiger partial charge in [0.15, 0.2) is 0 Å². The molecular weight excluding hydrogens is 310 g/mol. The van der Waals surface area contributed by atoms with Crippen molar-refractivity contribution in [3.63, 3.8) is 0 Å². The second-order valence-electron chi connectivity index (χ2n) is 8.18. The third-order valence-electron chi connectivity index (χ3n) is 3.83. The highest BCUT2D eigenvalue weighted by Crippen LogP contribution is 2.31. The zero-order chi connectivity index (χ0) is 18.7. The molecular formula is C21H27N3O. The monoisotopic (exact) mass is 337 g/mol. The third kappa shape index (κ3) is 5.22. The Bertz CT molecular complexity index is 765. The molecule has 0 saturated carbocycles. The molecule has 0 unspecified atom stereocenters. The number of aromatic nitrogens is 1. The van der Waals surface area contributed by atoms with E-state index in [0.717, 1.165) is 23.4 Å². The van der Waals surface area contributed by atoms with E-state index in [1.165, 1.54) is 0 Å². The summed E-state index contributed by atoms with van der Waals surface area (Å²) in [5.74, 6) is 1.44. The zero-order valence-corrected chi connectivity index (χ0v) is 16.0. The van der Waals surface area contributed by atoms with E-state index in [1.54, 1.807) is 7.11 Å². The highest BCUT2D eigenvalue weighted by atomic mass is 16.5. The van der Waals surface area contributed by atoms with Gasteiger partial charge in [-0.1, -0.05) is 20.8 Å². The van der Waals surface area contributed by atoms with E-state index in [2.05, 4.69) is 46.0 Å². The molecule has 4 heteroatoms. The lowest BCUT2D eigenvalue weighted by molar-refractivity contribution is 0.302. The summed E-state index contributed by atoms with van der Waals surface area (Å²) in [6.45, 7) is 10.9. The van der Waals surface area contributed by atoms with E-state index >= 15 is 0 Å². The molecule has 2 rings (SSSR count). The molecule has 132 valence electrons. The second kappa shape index (κ2) is 7.14. The second-order valence-corrected chi connectivity index (χ2v) is 8.18. The van der Waals surface area contributed by atoms with Crippen LogP contribution >= 0.6 is 0 Å². The lowest BCUT2D eigenvalue weighted by Gasteiger charge is -2.34. The van der Waals surface area contributed by atoms with Gasteiger partial charge in [-0.3, -0.25) is 0 Å². The van der Waals surface area contributed by atoms with Crippen LogP contribution in [0.25, 0.3) is 11.3 Å². The Morgan fingerprint density at radius 1 is 1.04 bits per heavy atom. The van der Waals surface area contributed by atoms with Gasteiger partial charge in [0.25, 0.3) is 0 Å². The molecule has 1 aromatic heterocycles. The average molecular weight is 337 g/mol. The maximum atomic E-state index is 9.43. The normalized spacial score (nSPS) is 11.7. The molecule has 1 heterocycles. The molecule has 1 aromatic carbocycles. The molecule has 0 amide bonds. The molecule has 0 spiro atoms.